The highest BCUT2D eigenvalue weighted by Gasteiger charge is 2.08. The SMILES string of the molecule is C=C1\C=C(C)/C=C\C(=C\C)c2ccccc21. The minimum Gasteiger partial charge on any atom is -0.0911 e. The summed E-state index contributed by atoms with van der Waals surface area (Å²) in [5.74, 6) is 0. The van der Waals surface area contributed by atoms with Gasteiger partial charge in [-0.1, -0.05) is 60.7 Å². The summed E-state index contributed by atoms with van der Waals surface area (Å²) >= 11 is 0. The van der Waals surface area contributed by atoms with E-state index in [0.29, 0.717) is 0 Å². The summed E-state index contributed by atoms with van der Waals surface area (Å²) in [4.78, 5) is 0. The van der Waals surface area contributed by atoms with Gasteiger partial charge in [0, 0.05) is 0 Å². The maximum atomic E-state index is 4.14. The first-order chi connectivity index (χ1) is 7.72. The first kappa shape index (κ1) is 10.7. The first-order valence-corrected chi connectivity index (χ1v) is 5.53. The fourth-order valence-corrected chi connectivity index (χ4v) is 1.98. The van der Waals surface area contributed by atoms with Crippen LogP contribution >= 0.6 is 0 Å². The van der Waals surface area contributed by atoms with Crippen LogP contribution in [0.2, 0.25) is 0 Å². The Balaban J connectivity index is 2.70. The van der Waals surface area contributed by atoms with Crippen LogP contribution in [0.3, 0.4) is 0 Å². The lowest BCUT2D eigenvalue weighted by molar-refractivity contribution is 1.47. The molecule has 0 heteroatoms. The van der Waals surface area contributed by atoms with E-state index in [2.05, 4.69) is 69.0 Å². The van der Waals surface area contributed by atoms with Crippen LogP contribution in [0.25, 0.3) is 11.1 Å². The summed E-state index contributed by atoms with van der Waals surface area (Å²) in [5, 5.41) is 0. The van der Waals surface area contributed by atoms with E-state index < -0.39 is 0 Å². The fourth-order valence-electron chi connectivity index (χ4n) is 1.98. The van der Waals surface area contributed by atoms with Crippen molar-refractivity contribution in [1.29, 1.82) is 0 Å². The molecule has 16 heavy (non-hydrogen) atoms. The molecule has 0 aliphatic heterocycles. The molecule has 0 N–H and O–H groups in total. The molecule has 0 unspecified atom stereocenters. The Bertz CT molecular complexity index is 511. The van der Waals surface area contributed by atoms with Crippen molar-refractivity contribution in [2.24, 2.45) is 0 Å². The van der Waals surface area contributed by atoms with Gasteiger partial charge in [-0.2, -0.15) is 0 Å². The van der Waals surface area contributed by atoms with Crippen LogP contribution in [-0.2, 0) is 0 Å². The molecule has 0 nitrogen and oxygen atoms in total. The van der Waals surface area contributed by atoms with E-state index in [0.717, 1.165) is 5.57 Å². The van der Waals surface area contributed by atoms with Gasteiger partial charge in [-0.15, -0.1) is 0 Å². The van der Waals surface area contributed by atoms with Gasteiger partial charge in [0.25, 0.3) is 0 Å². The van der Waals surface area contributed by atoms with Crippen LogP contribution in [0.1, 0.15) is 25.0 Å². The molecule has 0 saturated heterocycles. The standard InChI is InChI=1S/C16H16/c1-4-14-10-9-12(2)11-13(3)15-7-5-6-8-16(14)15/h4-11H,3H2,1-2H3/b10-9-,12-11-,14-4-. The van der Waals surface area contributed by atoms with Crippen LogP contribution in [0, 0.1) is 0 Å². The molecule has 2 rings (SSSR count). The van der Waals surface area contributed by atoms with E-state index in [4.69, 9.17) is 0 Å². The van der Waals surface area contributed by atoms with Gasteiger partial charge in [-0.05, 0) is 36.1 Å². The third-order valence-electron chi connectivity index (χ3n) is 2.82. The quantitative estimate of drug-likeness (QED) is 0.583. The summed E-state index contributed by atoms with van der Waals surface area (Å²) < 4.78 is 0. The zero-order valence-corrected chi connectivity index (χ0v) is 9.83. The molecule has 1 aromatic rings. The molecule has 0 bridgehead atoms. The van der Waals surface area contributed by atoms with Crippen LogP contribution < -0.4 is 0 Å². The highest BCUT2D eigenvalue weighted by Crippen LogP contribution is 2.29. The zero-order chi connectivity index (χ0) is 11.5. The second kappa shape index (κ2) is 4.36. The molecule has 1 aliphatic carbocycles. The number of benzene rings is 1. The average molecular weight is 208 g/mol. The summed E-state index contributed by atoms with van der Waals surface area (Å²) in [6.07, 6.45) is 8.57. The molecule has 1 aromatic carbocycles. The number of hydrogen-bond donors (Lipinski definition) is 0. The number of fused-ring (bicyclic) bond motifs is 1. The second-order valence-electron chi connectivity index (χ2n) is 4.04. The Morgan fingerprint density at radius 2 is 1.75 bits per heavy atom. The van der Waals surface area contributed by atoms with Crippen LogP contribution in [-0.4, -0.2) is 0 Å². The van der Waals surface area contributed by atoms with E-state index in [1.165, 1.54) is 22.3 Å². The first-order valence-electron chi connectivity index (χ1n) is 5.53. The monoisotopic (exact) mass is 208 g/mol. The molecule has 0 fully saturated rings. The molecule has 0 heterocycles. The Labute approximate surface area is 97.3 Å². The smallest absolute Gasteiger partial charge is 0.0109 e. The molecule has 80 valence electrons. The van der Waals surface area contributed by atoms with E-state index in [1.807, 2.05) is 0 Å². The van der Waals surface area contributed by atoms with Crippen LogP contribution in [0.15, 0.2) is 60.7 Å². The van der Waals surface area contributed by atoms with Crippen molar-refractivity contribution in [1.82, 2.24) is 0 Å². The predicted octanol–water partition coefficient (Wildman–Crippen LogP) is 4.62. The summed E-state index contributed by atoms with van der Waals surface area (Å²) in [5.41, 5.74) is 6.05. The van der Waals surface area contributed by atoms with E-state index in [9.17, 15) is 0 Å². The zero-order valence-electron chi connectivity index (χ0n) is 9.83. The average Bonchev–Trinajstić information content (AvgIpc) is 2.28. The largest absolute Gasteiger partial charge is 0.0911 e. The maximum Gasteiger partial charge on any atom is -0.0109 e. The number of allylic oxidation sites excluding steroid dienone is 7. The van der Waals surface area contributed by atoms with Crippen molar-refractivity contribution in [2.75, 3.05) is 0 Å². The van der Waals surface area contributed by atoms with Gasteiger partial charge >= 0.3 is 0 Å². The molecule has 0 saturated carbocycles. The third kappa shape index (κ3) is 1.92. The molecule has 0 atom stereocenters. The van der Waals surface area contributed by atoms with Crippen molar-refractivity contribution in [3.63, 3.8) is 0 Å². The third-order valence-corrected chi connectivity index (χ3v) is 2.82. The Morgan fingerprint density at radius 1 is 1.06 bits per heavy atom. The number of rotatable bonds is 0. The van der Waals surface area contributed by atoms with Gasteiger partial charge in [-0.3, -0.25) is 0 Å². The Hall–Kier alpha value is -1.82. The van der Waals surface area contributed by atoms with Gasteiger partial charge in [0.1, 0.15) is 0 Å². The van der Waals surface area contributed by atoms with Gasteiger partial charge in [0.2, 0.25) is 0 Å². The minimum atomic E-state index is 1.08. The normalized spacial score (nSPS) is 23.0. The topological polar surface area (TPSA) is 0 Å². The molecule has 1 aliphatic rings. The van der Waals surface area contributed by atoms with E-state index in [1.54, 1.807) is 0 Å². The Morgan fingerprint density at radius 3 is 2.44 bits per heavy atom. The molecule has 0 radical (unpaired) electrons. The lowest BCUT2D eigenvalue weighted by Crippen LogP contribution is -1.92. The molecular weight excluding hydrogens is 192 g/mol. The van der Waals surface area contributed by atoms with Crippen molar-refractivity contribution in [3.05, 3.63) is 71.8 Å². The number of hydrogen-bond acceptors (Lipinski definition) is 0. The van der Waals surface area contributed by atoms with Crippen molar-refractivity contribution in [2.45, 2.75) is 13.8 Å². The molecule has 0 amide bonds. The van der Waals surface area contributed by atoms with Crippen LogP contribution in [0.5, 0.6) is 0 Å². The molecule has 0 spiro atoms. The Kier molecular flexibility index (Phi) is 2.91. The van der Waals surface area contributed by atoms with Crippen molar-refractivity contribution < 1.29 is 0 Å². The highest BCUT2D eigenvalue weighted by atomic mass is 14.1. The lowest BCUT2D eigenvalue weighted by Gasteiger charge is -2.13. The van der Waals surface area contributed by atoms with Crippen LogP contribution in [0.4, 0.5) is 0 Å². The van der Waals surface area contributed by atoms with Crippen molar-refractivity contribution in [3.8, 4) is 0 Å². The van der Waals surface area contributed by atoms with E-state index >= 15 is 0 Å². The van der Waals surface area contributed by atoms with Crippen molar-refractivity contribution >= 4 is 11.1 Å². The molecule has 0 aromatic heterocycles. The summed E-state index contributed by atoms with van der Waals surface area (Å²) in [6, 6.07) is 8.41. The van der Waals surface area contributed by atoms with Gasteiger partial charge < -0.3 is 0 Å². The minimum absolute atomic E-state index is 1.08. The van der Waals surface area contributed by atoms with Gasteiger partial charge in [0.15, 0.2) is 0 Å². The predicted molar refractivity (Wildman–Crippen MR) is 72.0 cm³/mol. The highest BCUT2D eigenvalue weighted by molar-refractivity contribution is 5.87. The second-order valence-corrected chi connectivity index (χ2v) is 4.04. The lowest BCUT2D eigenvalue weighted by atomic mass is 9.91. The van der Waals surface area contributed by atoms with Gasteiger partial charge in [0.05, 0.1) is 0 Å². The van der Waals surface area contributed by atoms with E-state index in [-0.39, 0.29) is 0 Å². The molecular formula is C16H16. The van der Waals surface area contributed by atoms with Gasteiger partial charge in [-0.25, -0.2) is 0 Å². The maximum absolute atomic E-state index is 4.14. The summed E-state index contributed by atoms with van der Waals surface area (Å²) in [6.45, 7) is 8.31. The summed E-state index contributed by atoms with van der Waals surface area (Å²) in [7, 11) is 0. The fraction of sp³-hybridized carbons (Fsp3) is 0.125.